The number of benzene rings is 8. The van der Waals surface area contributed by atoms with Crippen LogP contribution in [0.1, 0.15) is 5.56 Å². The van der Waals surface area contributed by atoms with Crippen molar-refractivity contribution in [1.29, 1.82) is 0 Å². The summed E-state index contributed by atoms with van der Waals surface area (Å²) < 4.78 is 2.37. The molecule has 0 radical (unpaired) electrons. The van der Waals surface area contributed by atoms with Gasteiger partial charge in [-0.2, -0.15) is 0 Å². The maximum absolute atomic E-state index is 5.20. The molecule has 0 amide bonds. The standard InChI is InChI=1S/C53H36N4/c1-2-36-22-33-49-47(34-36)46-20-12-13-21-48(46)57(49)50-35-44(31-32-45(50)41-18-10-5-11-19-41)53-55-51(42-27-23-39(24-28-42)37-14-6-3-7-15-37)54-52(56-53)43-29-25-40(26-30-43)38-16-8-4-9-17-38/h2-35H,1H2. The lowest BCUT2D eigenvalue weighted by Crippen LogP contribution is -2.02. The molecule has 0 atom stereocenters. The zero-order valence-corrected chi connectivity index (χ0v) is 31.1. The van der Waals surface area contributed by atoms with Gasteiger partial charge >= 0.3 is 0 Å². The summed E-state index contributed by atoms with van der Waals surface area (Å²) in [4.78, 5) is 15.5. The van der Waals surface area contributed by atoms with E-state index in [2.05, 4.69) is 199 Å². The fourth-order valence-corrected chi connectivity index (χ4v) is 7.74. The van der Waals surface area contributed by atoms with Crippen LogP contribution in [0, 0.1) is 0 Å². The number of rotatable bonds is 8. The van der Waals surface area contributed by atoms with E-state index >= 15 is 0 Å². The van der Waals surface area contributed by atoms with Crippen LogP contribution in [0.2, 0.25) is 0 Å². The van der Waals surface area contributed by atoms with E-state index in [0.717, 1.165) is 72.4 Å². The molecule has 0 bridgehead atoms. The lowest BCUT2D eigenvalue weighted by atomic mass is 10.0. The normalized spacial score (nSPS) is 11.2. The lowest BCUT2D eigenvalue weighted by molar-refractivity contribution is 1.07. The largest absolute Gasteiger partial charge is 0.309 e. The second-order valence-electron chi connectivity index (χ2n) is 14.1. The van der Waals surface area contributed by atoms with E-state index in [9.17, 15) is 0 Å². The van der Waals surface area contributed by atoms with Crippen molar-refractivity contribution in [2.75, 3.05) is 0 Å². The molecule has 8 aromatic carbocycles. The van der Waals surface area contributed by atoms with Gasteiger partial charge in [0.15, 0.2) is 17.5 Å². The Labute approximate surface area is 331 Å². The molecule has 0 aliphatic heterocycles. The minimum absolute atomic E-state index is 0.602. The lowest BCUT2D eigenvalue weighted by Gasteiger charge is -2.16. The number of hydrogen-bond acceptors (Lipinski definition) is 3. The molecular weight excluding hydrogens is 693 g/mol. The highest BCUT2D eigenvalue weighted by molar-refractivity contribution is 6.10. The van der Waals surface area contributed by atoms with E-state index in [4.69, 9.17) is 15.0 Å². The van der Waals surface area contributed by atoms with Crippen LogP contribution in [0.15, 0.2) is 207 Å². The third-order valence-corrected chi connectivity index (χ3v) is 10.6. The first-order chi connectivity index (χ1) is 28.2. The quantitative estimate of drug-likeness (QED) is 0.156. The molecule has 10 aromatic rings. The Morgan fingerprint density at radius 2 is 0.789 bits per heavy atom. The van der Waals surface area contributed by atoms with Crippen molar-refractivity contribution in [2.24, 2.45) is 0 Å². The molecule has 2 aromatic heterocycles. The van der Waals surface area contributed by atoms with Gasteiger partial charge in [-0.25, -0.2) is 15.0 Å². The average Bonchev–Trinajstić information content (AvgIpc) is 3.63. The summed E-state index contributed by atoms with van der Waals surface area (Å²) in [6.45, 7) is 4.05. The van der Waals surface area contributed by atoms with Gasteiger partial charge in [0.05, 0.1) is 16.7 Å². The van der Waals surface area contributed by atoms with E-state index in [1.165, 1.54) is 10.8 Å². The molecule has 0 fully saturated rings. The summed E-state index contributed by atoms with van der Waals surface area (Å²) in [5.74, 6) is 1.83. The van der Waals surface area contributed by atoms with E-state index in [0.29, 0.717) is 17.5 Å². The Balaban J connectivity index is 1.17. The topological polar surface area (TPSA) is 43.6 Å². The van der Waals surface area contributed by atoms with Gasteiger partial charge in [-0.1, -0.05) is 189 Å². The Morgan fingerprint density at radius 1 is 0.351 bits per heavy atom. The smallest absolute Gasteiger partial charge is 0.164 e. The van der Waals surface area contributed by atoms with Crippen molar-refractivity contribution < 1.29 is 0 Å². The molecular formula is C53H36N4. The van der Waals surface area contributed by atoms with Crippen molar-refractivity contribution >= 4 is 27.9 Å². The number of fused-ring (bicyclic) bond motifs is 3. The van der Waals surface area contributed by atoms with Crippen LogP contribution in [0.5, 0.6) is 0 Å². The van der Waals surface area contributed by atoms with E-state index in [1.807, 2.05) is 18.2 Å². The summed E-state index contributed by atoms with van der Waals surface area (Å²) in [5.41, 5.74) is 13.9. The third kappa shape index (κ3) is 6.39. The van der Waals surface area contributed by atoms with Crippen LogP contribution in [-0.2, 0) is 0 Å². The van der Waals surface area contributed by atoms with Crippen molar-refractivity contribution in [1.82, 2.24) is 19.5 Å². The Kier molecular flexibility index (Phi) is 8.62. The Bertz CT molecular complexity index is 2940. The van der Waals surface area contributed by atoms with Gasteiger partial charge < -0.3 is 4.57 Å². The highest BCUT2D eigenvalue weighted by atomic mass is 15.0. The van der Waals surface area contributed by atoms with Gasteiger partial charge in [0.25, 0.3) is 0 Å². The van der Waals surface area contributed by atoms with Gasteiger partial charge in [-0.3, -0.25) is 0 Å². The molecule has 0 saturated carbocycles. The zero-order valence-electron chi connectivity index (χ0n) is 31.1. The summed E-state index contributed by atoms with van der Waals surface area (Å²) >= 11 is 0. The monoisotopic (exact) mass is 728 g/mol. The molecule has 2 heterocycles. The SMILES string of the molecule is C=Cc1ccc2c(c1)c1ccccc1n2-c1cc(-c2nc(-c3ccc(-c4ccccc4)cc3)nc(-c3ccc(-c4ccccc4)cc3)n2)ccc1-c1ccccc1. The first-order valence-corrected chi connectivity index (χ1v) is 19.1. The van der Waals surface area contributed by atoms with E-state index < -0.39 is 0 Å². The fourth-order valence-electron chi connectivity index (χ4n) is 7.74. The summed E-state index contributed by atoms with van der Waals surface area (Å²) in [7, 11) is 0. The van der Waals surface area contributed by atoms with Crippen molar-refractivity contribution in [3.05, 3.63) is 212 Å². The molecule has 0 unspecified atom stereocenters. The van der Waals surface area contributed by atoms with Gasteiger partial charge in [0.2, 0.25) is 0 Å². The third-order valence-electron chi connectivity index (χ3n) is 10.6. The minimum Gasteiger partial charge on any atom is -0.309 e. The highest BCUT2D eigenvalue weighted by Crippen LogP contribution is 2.39. The molecule has 0 aliphatic rings. The maximum atomic E-state index is 5.20. The van der Waals surface area contributed by atoms with Gasteiger partial charge in [0.1, 0.15) is 0 Å². The fraction of sp³-hybridized carbons (Fsp3) is 0. The Morgan fingerprint density at radius 3 is 1.35 bits per heavy atom. The summed E-state index contributed by atoms with van der Waals surface area (Å²) in [6, 6.07) is 70.1. The van der Waals surface area contributed by atoms with Crippen LogP contribution in [0.25, 0.3) is 101 Å². The molecule has 4 heteroatoms. The first kappa shape index (κ1) is 33.8. The van der Waals surface area contributed by atoms with E-state index in [-0.39, 0.29) is 0 Å². The number of nitrogens with zero attached hydrogens (tertiary/aromatic N) is 4. The number of para-hydroxylation sites is 1. The van der Waals surface area contributed by atoms with Gasteiger partial charge in [-0.05, 0) is 57.6 Å². The summed E-state index contributed by atoms with van der Waals surface area (Å²) in [6.07, 6.45) is 1.90. The molecule has 0 aliphatic carbocycles. The van der Waals surface area contributed by atoms with Gasteiger partial charge in [0, 0.05) is 33.0 Å². The second-order valence-corrected chi connectivity index (χ2v) is 14.1. The van der Waals surface area contributed by atoms with Crippen LogP contribution in [0.4, 0.5) is 0 Å². The zero-order chi connectivity index (χ0) is 38.1. The van der Waals surface area contributed by atoms with Crippen LogP contribution < -0.4 is 0 Å². The Hall–Kier alpha value is -7.69. The predicted molar refractivity (Wildman–Crippen MR) is 237 cm³/mol. The maximum Gasteiger partial charge on any atom is 0.164 e. The molecule has 0 N–H and O–H groups in total. The molecule has 268 valence electrons. The van der Waals surface area contributed by atoms with Crippen LogP contribution >= 0.6 is 0 Å². The summed E-state index contributed by atoms with van der Waals surface area (Å²) in [5, 5.41) is 2.36. The number of aromatic nitrogens is 4. The molecule has 57 heavy (non-hydrogen) atoms. The minimum atomic E-state index is 0.602. The van der Waals surface area contributed by atoms with Gasteiger partial charge in [-0.15, -0.1) is 0 Å². The van der Waals surface area contributed by atoms with E-state index in [1.54, 1.807) is 0 Å². The first-order valence-electron chi connectivity index (χ1n) is 19.1. The van der Waals surface area contributed by atoms with Crippen LogP contribution in [0.3, 0.4) is 0 Å². The molecule has 10 rings (SSSR count). The average molecular weight is 729 g/mol. The molecule has 0 saturated heterocycles. The molecule has 4 nitrogen and oxygen atoms in total. The number of hydrogen-bond donors (Lipinski definition) is 0. The highest BCUT2D eigenvalue weighted by Gasteiger charge is 2.19. The molecule has 0 spiro atoms. The van der Waals surface area contributed by atoms with Crippen molar-refractivity contribution in [2.45, 2.75) is 0 Å². The van der Waals surface area contributed by atoms with Crippen molar-refractivity contribution in [3.63, 3.8) is 0 Å². The second kappa shape index (κ2) is 14.5. The van der Waals surface area contributed by atoms with Crippen molar-refractivity contribution in [3.8, 4) is 73.2 Å². The van der Waals surface area contributed by atoms with Crippen LogP contribution in [-0.4, -0.2) is 19.5 Å². The predicted octanol–water partition coefficient (Wildman–Crippen LogP) is 13.6.